The molecule has 0 radical (unpaired) electrons. The number of benzene rings is 2. The van der Waals surface area contributed by atoms with Gasteiger partial charge in [-0.1, -0.05) is 42.5 Å². The Labute approximate surface area is 212 Å². The number of rotatable bonds is 11. The summed E-state index contributed by atoms with van der Waals surface area (Å²) in [4.78, 5) is 31.6. The predicted molar refractivity (Wildman–Crippen MR) is 139 cm³/mol. The Hall–Kier alpha value is -3.87. The van der Waals surface area contributed by atoms with Crippen LogP contribution in [-0.2, 0) is 33.7 Å². The number of esters is 1. The molecule has 0 saturated carbocycles. The maximum Gasteiger partial charge on any atom is 0.306 e. The summed E-state index contributed by atoms with van der Waals surface area (Å²) < 4.78 is 10.9. The number of pyridine rings is 1. The van der Waals surface area contributed by atoms with E-state index in [4.69, 9.17) is 9.47 Å². The van der Waals surface area contributed by atoms with E-state index in [0.29, 0.717) is 26.1 Å². The van der Waals surface area contributed by atoms with Gasteiger partial charge in [-0.3, -0.25) is 9.59 Å². The highest BCUT2D eigenvalue weighted by molar-refractivity contribution is 5.84. The van der Waals surface area contributed by atoms with Crippen molar-refractivity contribution in [3.05, 3.63) is 89.6 Å². The zero-order valence-corrected chi connectivity index (χ0v) is 20.7. The highest BCUT2D eigenvalue weighted by Crippen LogP contribution is 2.28. The first-order chi connectivity index (χ1) is 17.6. The van der Waals surface area contributed by atoms with Gasteiger partial charge < -0.3 is 19.7 Å². The minimum absolute atomic E-state index is 0.00408. The third-order valence-electron chi connectivity index (χ3n) is 6.38. The maximum absolute atomic E-state index is 13.4. The van der Waals surface area contributed by atoms with Gasteiger partial charge in [0.1, 0.15) is 11.6 Å². The summed E-state index contributed by atoms with van der Waals surface area (Å²) in [5.41, 5.74) is 3.31. The van der Waals surface area contributed by atoms with Crippen LogP contribution in [0.2, 0.25) is 0 Å². The molecule has 0 fully saturated rings. The second kappa shape index (κ2) is 12.7. The lowest BCUT2D eigenvalue weighted by molar-refractivity contribution is -0.146. The first-order valence-corrected chi connectivity index (χ1v) is 12.4. The molecule has 1 aliphatic rings. The summed E-state index contributed by atoms with van der Waals surface area (Å²) in [6.07, 6.45) is 3.94. The molecule has 0 spiro atoms. The Kier molecular flexibility index (Phi) is 8.92. The fourth-order valence-electron chi connectivity index (χ4n) is 4.42. The summed E-state index contributed by atoms with van der Waals surface area (Å²) in [6, 6.07) is 21.9. The van der Waals surface area contributed by atoms with Crippen molar-refractivity contribution in [2.24, 2.45) is 5.92 Å². The predicted octanol–water partition coefficient (Wildman–Crippen LogP) is 4.27. The molecule has 7 heteroatoms. The highest BCUT2D eigenvalue weighted by atomic mass is 16.5. The van der Waals surface area contributed by atoms with E-state index in [9.17, 15) is 9.59 Å². The average molecular weight is 488 g/mol. The zero-order chi connectivity index (χ0) is 25.2. The molecule has 188 valence electrons. The van der Waals surface area contributed by atoms with E-state index in [2.05, 4.69) is 22.4 Å². The van der Waals surface area contributed by atoms with Gasteiger partial charge in [0.2, 0.25) is 5.91 Å². The molecule has 3 aromatic rings. The fraction of sp³-hybridized carbons (Fsp3) is 0.345. The maximum atomic E-state index is 13.4. The molecule has 1 atom stereocenters. The van der Waals surface area contributed by atoms with E-state index < -0.39 is 5.92 Å². The van der Waals surface area contributed by atoms with Crippen LogP contribution in [0.3, 0.4) is 0 Å². The van der Waals surface area contributed by atoms with Gasteiger partial charge in [0, 0.05) is 25.8 Å². The number of methoxy groups -OCH3 is 1. The third-order valence-corrected chi connectivity index (χ3v) is 6.38. The Morgan fingerprint density at radius 2 is 1.92 bits per heavy atom. The number of aromatic nitrogens is 1. The number of anilines is 1. The molecule has 2 heterocycles. The van der Waals surface area contributed by atoms with Crippen molar-refractivity contribution in [3.63, 3.8) is 0 Å². The van der Waals surface area contributed by atoms with Gasteiger partial charge in [0.05, 0.1) is 26.1 Å². The molecule has 36 heavy (non-hydrogen) atoms. The minimum Gasteiger partial charge on any atom is -0.494 e. The Morgan fingerprint density at radius 1 is 1.08 bits per heavy atom. The van der Waals surface area contributed by atoms with Crippen LogP contribution in [-0.4, -0.2) is 48.6 Å². The van der Waals surface area contributed by atoms with E-state index in [1.54, 1.807) is 6.20 Å². The fourth-order valence-corrected chi connectivity index (χ4v) is 4.42. The van der Waals surface area contributed by atoms with Crippen LogP contribution in [0.1, 0.15) is 29.5 Å². The van der Waals surface area contributed by atoms with Crippen molar-refractivity contribution >= 4 is 17.7 Å². The van der Waals surface area contributed by atoms with E-state index in [0.717, 1.165) is 42.1 Å². The summed E-state index contributed by atoms with van der Waals surface area (Å²) >= 11 is 0. The second-order valence-electron chi connectivity index (χ2n) is 8.95. The number of fused-ring (bicyclic) bond motifs is 1. The highest BCUT2D eigenvalue weighted by Gasteiger charge is 2.31. The Bertz CT molecular complexity index is 1140. The number of hydrogen-bond donors (Lipinski definition) is 1. The molecule has 4 rings (SSSR count). The first kappa shape index (κ1) is 25.2. The van der Waals surface area contributed by atoms with Crippen LogP contribution in [0.5, 0.6) is 5.75 Å². The Morgan fingerprint density at radius 3 is 2.69 bits per heavy atom. The van der Waals surface area contributed by atoms with Crippen molar-refractivity contribution in [1.82, 2.24) is 9.88 Å². The normalized spacial score (nSPS) is 15.1. The van der Waals surface area contributed by atoms with Crippen molar-refractivity contribution < 1.29 is 19.1 Å². The van der Waals surface area contributed by atoms with Gasteiger partial charge >= 0.3 is 5.97 Å². The van der Waals surface area contributed by atoms with Gasteiger partial charge in [-0.05, 0) is 60.2 Å². The van der Waals surface area contributed by atoms with Gasteiger partial charge in [-0.15, -0.1) is 0 Å². The first-order valence-electron chi connectivity index (χ1n) is 12.4. The van der Waals surface area contributed by atoms with Crippen LogP contribution in [0, 0.1) is 5.92 Å². The number of carbonyl (C=O) groups is 2. The minimum atomic E-state index is -0.432. The summed E-state index contributed by atoms with van der Waals surface area (Å²) in [5, 5.41) is 3.28. The molecule has 0 saturated heterocycles. The number of nitrogens with one attached hydrogen (secondary N) is 1. The van der Waals surface area contributed by atoms with E-state index in [1.807, 2.05) is 59.5 Å². The number of ether oxygens (including phenoxy) is 2. The van der Waals surface area contributed by atoms with E-state index >= 15 is 0 Å². The van der Waals surface area contributed by atoms with Crippen LogP contribution < -0.4 is 10.1 Å². The van der Waals surface area contributed by atoms with Gasteiger partial charge in [-0.2, -0.15) is 0 Å². The van der Waals surface area contributed by atoms with Crippen LogP contribution >= 0.6 is 0 Å². The lowest BCUT2D eigenvalue weighted by atomic mass is 9.94. The molecule has 7 nitrogen and oxygen atoms in total. The quantitative estimate of drug-likeness (QED) is 0.321. The van der Waals surface area contributed by atoms with Crippen molar-refractivity contribution in [3.8, 4) is 5.75 Å². The molecule has 0 aliphatic carbocycles. The molecule has 2 aromatic carbocycles. The molecular formula is C29H33N3O4. The van der Waals surface area contributed by atoms with E-state index in [1.165, 1.54) is 12.7 Å². The average Bonchev–Trinajstić information content (AvgIpc) is 3.04. The molecule has 1 N–H and O–H groups in total. The summed E-state index contributed by atoms with van der Waals surface area (Å²) in [7, 11) is 1.36. The topological polar surface area (TPSA) is 80.8 Å². The summed E-state index contributed by atoms with van der Waals surface area (Å²) in [5.74, 6) is 0.839. The lowest BCUT2D eigenvalue weighted by Gasteiger charge is -2.24. The van der Waals surface area contributed by atoms with Crippen molar-refractivity contribution in [2.75, 3.05) is 32.1 Å². The number of nitrogens with zero attached hydrogens (tertiary/aromatic N) is 2. The van der Waals surface area contributed by atoms with E-state index in [-0.39, 0.29) is 18.3 Å². The molecule has 1 aliphatic heterocycles. The second-order valence-corrected chi connectivity index (χ2v) is 8.95. The largest absolute Gasteiger partial charge is 0.494 e. The molecule has 1 amide bonds. The van der Waals surface area contributed by atoms with Crippen molar-refractivity contribution in [2.45, 2.75) is 32.2 Å². The van der Waals surface area contributed by atoms with Crippen LogP contribution in [0.25, 0.3) is 0 Å². The molecule has 0 unspecified atom stereocenters. The molecule has 0 bridgehead atoms. The Balaban J connectivity index is 1.41. The van der Waals surface area contributed by atoms with Crippen LogP contribution in [0.4, 0.5) is 5.82 Å². The number of amides is 1. The lowest BCUT2D eigenvalue weighted by Crippen LogP contribution is -2.37. The van der Waals surface area contributed by atoms with Crippen LogP contribution in [0.15, 0.2) is 72.9 Å². The third kappa shape index (κ3) is 7.07. The van der Waals surface area contributed by atoms with Gasteiger partial charge in [-0.25, -0.2) is 4.98 Å². The molecule has 1 aromatic heterocycles. The summed E-state index contributed by atoms with van der Waals surface area (Å²) in [6.45, 7) is 2.42. The number of carbonyl (C=O) groups excluding carboxylic acids is 2. The van der Waals surface area contributed by atoms with Gasteiger partial charge in [0.15, 0.2) is 0 Å². The SMILES string of the molecule is COC(=O)C[C@@H]1Cc2ccc(OCCCNc3ccccn3)cc2CN(CCc2ccccc2)C1=O. The van der Waals surface area contributed by atoms with Gasteiger partial charge in [0.25, 0.3) is 0 Å². The standard InChI is InChI=1S/C29H33N3O4/c1-35-28(33)20-24-18-23-11-12-26(36-17-7-15-31-27-10-5-6-14-30-27)19-25(23)21-32(29(24)34)16-13-22-8-3-2-4-9-22/h2-6,8-12,14,19,24H,7,13,15-18,20-21H2,1H3,(H,30,31)/t24-/m0/s1. The smallest absolute Gasteiger partial charge is 0.306 e. The molecular weight excluding hydrogens is 454 g/mol. The van der Waals surface area contributed by atoms with Crippen molar-refractivity contribution in [1.29, 1.82) is 0 Å². The monoisotopic (exact) mass is 487 g/mol. The number of hydrogen-bond acceptors (Lipinski definition) is 6. The zero-order valence-electron chi connectivity index (χ0n) is 20.7.